The number of nitrogens with one attached hydrogen (secondary N) is 1. The smallest absolute Gasteiger partial charge is 0.348 e. The molecule has 15 heteroatoms. The molecule has 6 nitrogen and oxygen atoms in total. The van der Waals surface area contributed by atoms with E-state index in [9.17, 15) is 44.3 Å². The topological polar surface area (TPSA) is 60.0 Å². The molecule has 0 saturated heterocycles. The lowest BCUT2D eigenvalue weighted by Gasteiger charge is -2.25. The minimum absolute atomic E-state index is 0.124. The Balaban J connectivity index is 4.70. The second kappa shape index (κ2) is 8.37. The number of carbonyl (C=O) groups is 1. The van der Waals surface area contributed by atoms with Gasteiger partial charge in [-0.15, -0.1) is 30.7 Å². The van der Waals surface area contributed by atoms with Gasteiger partial charge in [-0.2, -0.15) is 13.5 Å². The number of halogens is 9. The summed E-state index contributed by atoms with van der Waals surface area (Å²) < 4.78 is 118. The summed E-state index contributed by atoms with van der Waals surface area (Å²) in [5, 5.41) is 1.47. The Morgan fingerprint density at radius 3 is 1.80 bits per heavy atom. The van der Waals surface area contributed by atoms with E-state index >= 15 is 0 Å². The standard InChI is InChI=1S/C10H13F9N2O4/c1-21(2)5-3-4-20-6(22)7(11,12)23-9(16,17)25-10(18,19)24-8(13,14)15/h3-5H2,1-2H3,(H,20,22). The van der Waals surface area contributed by atoms with E-state index in [2.05, 4.69) is 9.47 Å². The Morgan fingerprint density at radius 1 is 0.880 bits per heavy atom. The molecule has 0 fully saturated rings. The van der Waals surface area contributed by atoms with Crippen LogP contribution in [0.1, 0.15) is 6.42 Å². The van der Waals surface area contributed by atoms with Gasteiger partial charge in [-0.25, -0.2) is 9.47 Å². The average Bonchev–Trinajstić information content (AvgIpc) is 2.27. The van der Waals surface area contributed by atoms with Crippen LogP contribution in [0.15, 0.2) is 0 Å². The zero-order valence-corrected chi connectivity index (χ0v) is 12.6. The van der Waals surface area contributed by atoms with Crippen LogP contribution in [0.4, 0.5) is 39.5 Å². The predicted molar refractivity (Wildman–Crippen MR) is 60.3 cm³/mol. The first-order chi connectivity index (χ1) is 11.0. The largest absolute Gasteiger partial charge is 0.529 e. The van der Waals surface area contributed by atoms with Gasteiger partial charge >= 0.3 is 31.0 Å². The molecule has 0 unspecified atom stereocenters. The van der Waals surface area contributed by atoms with E-state index in [-0.39, 0.29) is 6.42 Å². The maximum atomic E-state index is 13.1. The molecule has 0 spiro atoms. The summed E-state index contributed by atoms with van der Waals surface area (Å²) >= 11 is 0. The van der Waals surface area contributed by atoms with Crippen LogP contribution in [0.3, 0.4) is 0 Å². The molecule has 0 saturated carbocycles. The van der Waals surface area contributed by atoms with E-state index < -0.39 is 37.5 Å². The van der Waals surface area contributed by atoms with Crippen LogP contribution in [0.5, 0.6) is 0 Å². The van der Waals surface area contributed by atoms with E-state index in [0.29, 0.717) is 6.54 Å². The van der Waals surface area contributed by atoms with Gasteiger partial charge in [0.2, 0.25) is 0 Å². The summed E-state index contributed by atoms with van der Waals surface area (Å²) in [6, 6.07) is 0. The molecule has 0 rings (SSSR count). The van der Waals surface area contributed by atoms with Crippen molar-refractivity contribution in [3.63, 3.8) is 0 Å². The number of hydrogen-bond acceptors (Lipinski definition) is 5. The van der Waals surface area contributed by atoms with Gasteiger partial charge in [0.25, 0.3) is 0 Å². The first kappa shape index (κ1) is 23.7. The van der Waals surface area contributed by atoms with Gasteiger partial charge in [-0.05, 0) is 27.1 Å². The highest BCUT2D eigenvalue weighted by Gasteiger charge is 2.58. The third-order valence-corrected chi connectivity index (χ3v) is 2.05. The highest BCUT2D eigenvalue weighted by Crippen LogP contribution is 2.36. The van der Waals surface area contributed by atoms with Crippen LogP contribution in [0.2, 0.25) is 0 Å². The van der Waals surface area contributed by atoms with Crippen molar-refractivity contribution >= 4 is 5.91 Å². The Labute approximate surface area is 134 Å². The summed E-state index contributed by atoms with van der Waals surface area (Å²) in [7, 11) is 3.22. The highest BCUT2D eigenvalue weighted by atomic mass is 19.4. The van der Waals surface area contributed by atoms with Crippen LogP contribution in [-0.4, -0.2) is 63.1 Å². The van der Waals surface area contributed by atoms with Gasteiger partial charge in [0.05, 0.1) is 0 Å². The Hall–Kier alpha value is -1.32. The van der Waals surface area contributed by atoms with Gasteiger partial charge in [-0.1, -0.05) is 0 Å². The molecular weight excluding hydrogens is 383 g/mol. The third-order valence-electron chi connectivity index (χ3n) is 2.05. The molecule has 0 heterocycles. The number of rotatable bonds is 10. The molecule has 0 atom stereocenters. The average molecular weight is 396 g/mol. The monoisotopic (exact) mass is 396 g/mol. The second-order valence-corrected chi connectivity index (χ2v) is 4.61. The molecule has 0 radical (unpaired) electrons. The Bertz CT molecular complexity index is 443. The molecule has 0 aliphatic rings. The molecule has 0 aromatic carbocycles. The molecule has 25 heavy (non-hydrogen) atoms. The molecular formula is C10H13F9N2O4. The van der Waals surface area contributed by atoms with Crippen LogP contribution in [0, 0.1) is 0 Å². The van der Waals surface area contributed by atoms with E-state index in [1.54, 1.807) is 19.0 Å². The van der Waals surface area contributed by atoms with Gasteiger partial charge in [-0.3, -0.25) is 4.79 Å². The van der Waals surface area contributed by atoms with Crippen molar-refractivity contribution < 1.29 is 58.5 Å². The Kier molecular flexibility index (Phi) is 7.93. The summed E-state index contributed by atoms with van der Waals surface area (Å²) in [5.74, 6) is -2.44. The summed E-state index contributed by atoms with van der Waals surface area (Å²) in [5.41, 5.74) is 0. The maximum Gasteiger partial charge on any atom is 0.529 e. The third kappa shape index (κ3) is 11.0. The van der Waals surface area contributed by atoms with Crippen molar-refractivity contribution in [1.82, 2.24) is 10.2 Å². The number of carbonyl (C=O) groups excluding carboxylic acids is 1. The van der Waals surface area contributed by atoms with Crippen molar-refractivity contribution in [1.29, 1.82) is 0 Å². The first-order valence-corrected chi connectivity index (χ1v) is 6.19. The fraction of sp³-hybridized carbons (Fsp3) is 0.900. The summed E-state index contributed by atoms with van der Waals surface area (Å²) in [6.45, 7) is -0.0806. The van der Waals surface area contributed by atoms with Crippen LogP contribution in [0.25, 0.3) is 0 Å². The van der Waals surface area contributed by atoms with Crippen LogP contribution >= 0.6 is 0 Å². The number of amides is 1. The SMILES string of the molecule is CN(C)CCCNC(=O)C(F)(F)OC(F)(F)OC(F)(F)OC(F)(F)F. The van der Waals surface area contributed by atoms with Crippen molar-refractivity contribution in [3.8, 4) is 0 Å². The van der Waals surface area contributed by atoms with E-state index in [1.807, 2.05) is 4.74 Å². The zero-order valence-electron chi connectivity index (χ0n) is 12.6. The highest BCUT2D eigenvalue weighted by molar-refractivity contribution is 5.81. The van der Waals surface area contributed by atoms with Crippen molar-refractivity contribution in [2.24, 2.45) is 0 Å². The molecule has 0 aromatic rings. The second-order valence-electron chi connectivity index (χ2n) is 4.61. The fourth-order valence-corrected chi connectivity index (χ4v) is 1.21. The zero-order chi connectivity index (χ0) is 20.1. The lowest BCUT2D eigenvalue weighted by Crippen LogP contribution is -2.49. The van der Waals surface area contributed by atoms with E-state index in [1.165, 1.54) is 5.32 Å². The van der Waals surface area contributed by atoms with Crippen molar-refractivity contribution in [2.45, 2.75) is 31.5 Å². The summed E-state index contributed by atoms with van der Waals surface area (Å²) in [4.78, 5) is 12.6. The minimum Gasteiger partial charge on any atom is -0.348 e. The normalized spacial score (nSPS) is 14.1. The lowest BCUT2D eigenvalue weighted by molar-refractivity contribution is -0.580. The number of nitrogens with zero attached hydrogens (tertiary/aromatic N) is 1. The van der Waals surface area contributed by atoms with E-state index in [4.69, 9.17) is 0 Å². The molecule has 0 aliphatic heterocycles. The first-order valence-electron chi connectivity index (χ1n) is 6.19. The minimum atomic E-state index is -6.12. The Morgan fingerprint density at radius 2 is 1.36 bits per heavy atom. The van der Waals surface area contributed by atoms with Crippen molar-refractivity contribution in [2.75, 3.05) is 27.2 Å². The molecule has 0 aliphatic carbocycles. The summed E-state index contributed by atoms with van der Waals surface area (Å²) in [6.07, 6.45) is -23.4. The fourth-order valence-electron chi connectivity index (χ4n) is 1.21. The van der Waals surface area contributed by atoms with Gasteiger partial charge in [0.15, 0.2) is 0 Å². The maximum absolute atomic E-state index is 13.1. The number of ether oxygens (including phenoxy) is 3. The van der Waals surface area contributed by atoms with Crippen LogP contribution in [-0.2, 0) is 19.0 Å². The molecule has 1 N–H and O–H groups in total. The van der Waals surface area contributed by atoms with Gasteiger partial charge in [0, 0.05) is 6.54 Å². The molecule has 0 aromatic heterocycles. The van der Waals surface area contributed by atoms with Gasteiger partial charge < -0.3 is 10.2 Å². The number of hydrogen-bond donors (Lipinski definition) is 1. The predicted octanol–water partition coefficient (Wildman–Crippen LogP) is 2.32. The molecule has 150 valence electrons. The van der Waals surface area contributed by atoms with Crippen molar-refractivity contribution in [3.05, 3.63) is 0 Å². The molecule has 0 bridgehead atoms. The van der Waals surface area contributed by atoms with Gasteiger partial charge in [0.1, 0.15) is 0 Å². The quantitative estimate of drug-likeness (QED) is 0.349. The van der Waals surface area contributed by atoms with E-state index in [0.717, 1.165) is 0 Å². The lowest BCUT2D eigenvalue weighted by atomic mass is 10.4. The molecule has 1 amide bonds. The number of alkyl halides is 9. The van der Waals surface area contributed by atoms with Crippen LogP contribution < -0.4 is 5.32 Å².